The highest BCUT2D eigenvalue weighted by Gasteiger charge is 2.27. The number of thiophene rings is 1. The van der Waals surface area contributed by atoms with Gasteiger partial charge in [0.1, 0.15) is 13.2 Å². The van der Waals surface area contributed by atoms with Gasteiger partial charge in [0.15, 0.2) is 0 Å². The average Bonchev–Trinajstić information content (AvgIpc) is 2.61. The topological polar surface area (TPSA) is 29.5 Å². The molecule has 0 aliphatic carbocycles. The van der Waals surface area contributed by atoms with Crippen molar-refractivity contribution in [1.29, 1.82) is 0 Å². The van der Waals surface area contributed by atoms with Crippen LogP contribution in [0.3, 0.4) is 0 Å². The van der Waals surface area contributed by atoms with E-state index in [4.69, 9.17) is 5.11 Å². The van der Waals surface area contributed by atoms with Crippen molar-refractivity contribution >= 4 is 11.3 Å². The summed E-state index contributed by atoms with van der Waals surface area (Å²) in [5.74, 6) is 5.10. The molecule has 0 spiro atoms. The maximum atomic E-state index is 11.8. The molecule has 1 aromatic heterocycles. The summed E-state index contributed by atoms with van der Waals surface area (Å²) in [7, 11) is 0. The van der Waals surface area contributed by atoms with E-state index in [2.05, 4.69) is 16.6 Å². The molecule has 16 heavy (non-hydrogen) atoms. The summed E-state index contributed by atoms with van der Waals surface area (Å²) in [5, 5.41) is 10.1. The van der Waals surface area contributed by atoms with Crippen molar-refractivity contribution in [3.63, 3.8) is 0 Å². The molecule has 0 atom stereocenters. The van der Waals surface area contributed by atoms with E-state index in [1.807, 2.05) is 0 Å². The zero-order valence-corrected chi connectivity index (χ0v) is 8.99. The number of ether oxygens (including phenoxy) is 1. The third-order valence-corrected chi connectivity index (χ3v) is 2.39. The Hall–Kier alpha value is -1.03. The Balaban J connectivity index is 2.41. The second-order valence-electron chi connectivity index (χ2n) is 2.87. The summed E-state index contributed by atoms with van der Waals surface area (Å²) in [6, 6.07) is 1.64. The molecule has 0 bridgehead atoms. The molecule has 1 heterocycles. The fraction of sp³-hybridized carbons (Fsp3) is 0.400. The van der Waals surface area contributed by atoms with Gasteiger partial charge >= 0.3 is 6.18 Å². The Labute approximate surface area is 94.7 Å². The minimum Gasteiger partial charge on any atom is -0.384 e. The van der Waals surface area contributed by atoms with Crippen LogP contribution in [-0.2, 0) is 11.3 Å². The molecule has 0 saturated heterocycles. The van der Waals surface area contributed by atoms with Gasteiger partial charge in [-0.3, -0.25) is 0 Å². The number of halogens is 3. The van der Waals surface area contributed by atoms with Crippen LogP contribution in [0.2, 0.25) is 0 Å². The molecule has 0 aliphatic rings. The molecule has 2 nitrogen and oxygen atoms in total. The van der Waals surface area contributed by atoms with Crippen molar-refractivity contribution < 1.29 is 23.0 Å². The van der Waals surface area contributed by atoms with E-state index in [0.29, 0.717) is 10.4 Å². The van der Waals surface area contributed by atoms with Gasteiger partial charge in [-0.15, -0.1) is 11.3 Å². The molecule has 0 aliphatic heterocycles. The first-order valence-electron chi connectivity index (χ1n) is 4.33. The smallest absolute Gasteiger partial charge is 0.384 e. The van der Waals surface area contributed by atoms with Gasteiger partial charge in [-0.1, -0.05) is 11.8 Å². The lowest BCUT2D eigenvalue weighted by Gasteiger charge is -2.05. The summed E-state index contributed by atoms with van der Waals surface area (Å²) in [6.45, 7) is -1.57. The van der Waals surface area contributed by atoms with E-state index in [1.165, 1.54) is 11.3 Å². The Morgan fingerprint density at radius 3 is 2.81 bits per heavy atom. The van der Waals surface area contributed by atoms with Crippen LogP contribution in [0.5, 0.6) is 0 Å². The molecule has 0 fully saturated rings. The van der Waals surface area contributed by atoms with Gasteiger partial charge in [0.05, 0.1) is 6.61 Å². The largest absolute Gasteiger partial charge is 0.411 e. The summed E-state index contributed by atoms with van der Waals surface area (Å²) >= 11 is 1.27. The maximum Gasteiger partial charge on any atom is 0.411 e. The minimum absolute atomic E-state index is 0.0784. The molecule has 0 aromatic carbocycles. The van der Waals surface area contributed by atoms with Crippen LogP contribution < -0.4 is 0 Å². The predicted molar refractivity (Wildman–Crippen MR) is 54.0 cm³/mol. The fourth-order valence-electron chi connectivity index (χ4n) is 0.931. The van der Waals surface area contributed by atoms with Crippen molar-refractivity contribution in [2.45, 2.75) is 12.8 Å². The summed E-state index contributed by atoms with van der Waals surface area (Å²) in [5.41, 5.74) is 0.671. The second kappa shape index (κ2) is 5.89. The Kier molecular flexibility index (Phi) is 4.80. The van der Waals surface area contributed by atoms with Crippen molar-refractivity contribution in [1.82, 2.24) is 0 Å². The van der Waals surface area contributed by atoms with E-state index in [1.54, 1.807) is 11.4 Å². The first kappa shape index (κ1) is 13.0. The van der Waals surface area contributed by atoms with Crippen molar-refractivity contribution in [3.05, 3.63) is 21.9 Å². The van der Waals surface area contributed by atoms with Gasteiger partial charge in [-0.05, 0) is 6.07 Å². The molecule has 0 amide bonds. The molecule has 6 heteroatoms. The predicted octanol–water partition coefficient (Wildman–Crippen LogP) is 2.17. The van der Waals surface area contributed by atoms with Gasteiger partial charge in [-0.2, -0.15) is 13.2 Å². The first-order valence-corrected chi connectivity index (χ1v) is 5.21. The standard InChI is InChI=1S/C10H9F3O2S/c11-10(12,13)7-15-5-9-4-8(6-16-9)2-1-3-14/h4,6,14H,3,5,7H2. The highest BCUT2D eigenvalue weighted by atomic mass is 32.1. The van der Waals surface area contributed by atoms with E-state index in [9.17, 15) is 13.2 Å². The number of rotatable bonds is 3. The molecular weight excluding hydrogens is 241 g/mol. The molecule has 1 rings (SSSR count). The van der Waals surface area contributed by atoms with Gasteiger partial charge < -0.3 is 9.84 Å². The fourth-order valence-corrected chi connectivity index (χ4v) is 1.68. The Bertz CT molecular complexity index is 387. The van der Waals surface area contributed by atoms with Crippen LogP contribution in [0.4, 0.5) is 13.2 Å². The lowest BCUT2D eigenvalue weighted by molar-refractivity contribution is -0.176. The molecule has 1 aromatic rings. The van der Waals surface area contributed by atoms with Crippen LogP contribution in [0.1, 0.15) is 10.4 Å². The van der Waals surface area contributed by atoms with Crippen molar-refractivity contribution in [2.24, 2.45) is 0 Å². The monoisotopic (exact) mass is 250 g/mol. The number of alkyl halides is 3. The number of aliphatic hydroxyl groups excluding tert-OH is 1. The lowest BCUT2D eigenvalue weighted by Crippen LogP contribution is -2.16. The first-order chi connectivity index (χ1) is 7.51. The number of hydrogen-bond donors (Lipinski definition) is 1. The van der Waals surface area contributed by atoms with Crippen molar-refractivity contribution in [2.75, 3.05) is 13.2 Å². The van der Waals surface area contributed by atoms with E-state index in [-0.39, 0.29) is 13.2 Å². The molecule has 0 unspecified atom stereocenters. The second-order valence-corrected chi connectivity index (χ2v) is 3.87. The zero-order valence-electron chi connectivity index (χ0n) is 8.17. The van der Waals surface area contributed by atoms with E-state index in [0.717, 1.165) is 0 Å². The zero-order chi connectivity index (χ0) is 12.0. The van der Waals surface area contributed by atoms with Crippen LogP contribution in [-0.4, -0.2) is 24.5 Å². The summed E-state index contributed by atoms with van der Waals surface area (Å²) in [4.78, 5) is 0.673. The van der Waals surface area contributed by atoms with Crippen LogP contribution in [0.15, 0.2) is 11.4 Å². The Morgan fingerprint density at radius 1 is 1.44 bits per heavy atom. The number of hydrogen-bond acceptors (Lipinski definition) is 3. The summed E-state index contributed by atoms with van der Waals surface area (Å²) < 4.78 is 39.8. The summed E-state index contributed by atoms with van der Waals surface area (Å²) in [6.07, 6.45) is -4.29. The normalized spacial score (nSPS) is 11.0. The highest BCUT2D eigenvalue weighted by Crippen LogP contribution is 2.18. The third-order valence-electron chi connectivity index (χ3n) is 1.48. The Morgan fingerprint density at radius 2 is 2.19 bits per heavy atom. The van der Waals surface area contributed by atoms with Gasteiger partial charge in [0.2, 0.25) is 0 Å². The SMILES string of the molecule is OCC#Cc1csc(COCC(F)(F)F)c1. The molecule has 1 N–H and O–H groups in total. The molecular formula is C10H9F3O2S. The maximum absolute atomic E-state index is 11.8. The highest BCUT2D eigenvalue weighted by molar-refractivity contribution is 7.10. The lowest BCUT2D eigenvalue weighted by atomic mass is 10.3. The number of aliphatic hydroxyl groups is 1. The average molecular weight is 250 g/mol. The van der Waals surface area contributed by atoms with Crippen LogP contribution in [0.25, 0.3) is 0 Å². The third kappa shape index (κ3) is 5.16. The van der Waals surface area contributed by atoms with Gasteiger partial charge in [0, 0.05) is 15.8 Å². The van der Waals surface area contributed by atoms with Gasteiger partial charge in [-0.25, -0.2) is 0 Å². The minimum atomic E-state index is -4.29. The molecule has 88 valence electrons. The van der Waals surface area contributed by atoms with Crippen molar-refractivity contribution in [3.8, 4) is 11.8 Å². The van der Waals surface area contributed by atoms with Gasteiger partial charge in [0.25, 0.3) is 0 Å². The molecule has 0 saturated carbocycles. The van der Waals surface area contributed by atoms with E-state index >= 15 is 0 Å². The van der Waals surface area contributed by atoms with Crippen LogP contribution in [0, 0.1) is 11.8 Å². The van der Waals surface area contributed by atoms with Crippen LogP contribution >= 0.6 is 11.3 Å². The molecule has 0 radical (unpaired) electrons. The van der Waals surface area contributed by atoms with E-state index < -0.39 is 12.8 Å². The quantitative estimate of drug-likeness (QED) is 0.833.